The van der Waals surface area contributed by atoms with Crippen molar-refractivity contribution in [2.45, 2.75) is 25.7 Å². The van der Waals surface area contributed by atoms with Gasteiger partial charge in [0.1, 0.15) is 0 Å². The number of aliphatic carboxylic acids is 1. The van der Waals surface area contributed by atoms with E-state index in [4.69, 9.17) is 5.73 Å². The largest absolute Gasteiger partial charge is 0.481 e. The van der Waals surface area contributed by atoms with Gasteiger partial charge in [-0.1, -0.05) is 56.3 Å². The molecular weight excluding hydrogens is 262 g/mol. The van der Waals surface area contributed by atoms with Gasteiger partial charge in [-0.05, 0) is 34.2 Å². The molecule has 0 bridgehead atoms. The van der Waals surface area contributed by atoms with Crippen LogP contribution in [0.2, 0.25) is 0 Å². The Balaban J connectivity index is 2.57. The minimum Gasteiger partial charge on any atom is -0.481 e. The Morgan fingerprint density at radius 2 is 1.81 bits per heavy atom. The summed E-state index contributed by atoms with van der Waals surface area (Å²) < 4.78 is 0. The van der Waals surface area contributed by atoms with E-state index in [0.29, 0.717) is 5.92 Å². The third kappa shape index (κ3) is 3.31. The zero-order valence-corrected chi connectivity index (χ0v) is 12.4. The Bertz CT molecular complexity index is 620. The van der Waals surface area contributed by atoms with Crippen molar-refractivity contribution >= 4 is 5.97 Å². The number of carbonyl (C=O) groups is 1. The van der Waals surface area contributed by atoms with E-state index in [1.54, 1.807) is 0 Å². The number of carboxylic acids is 1. The molecule has 110 valence electrons. The maximum atomic E-state index is 11.3. The number of nitrogens with two attached hydrogens (primary N) is 1. The molecule has 1 unspecified atom stereocenters. The van der Waals surface area contributed by atoms with E-state index < -0.39 is 11.9 Å². The maximum Gasteiger partial charge on any atom is 0.312 e. The summed E-state index contributed by atoms with van der Waals surface area (Å²) in [5.74, 6) is -1.17. The fourth-order valence-electron chi connectivity index (χ4n) is 2.54. The highest BCUT2D eigenvalue weighted by Gasteiger charge is 2.20. The first kappa shape index (κ1) is 15.3. The summed E-state index contributed by atoms with van der Waals surface area (Å²) in [5.41, 5.74) is 9.77. The van der Waals surface area contributed by atoms with E-state index in [1.165, 1.54) is 5.56 Å². The monoisotopic (exact) mass is 283 g/mol. The normalized spacial score (nSPS) is 12.4. The number of carboxylic acid groups (broad SMARTS) is 1. The molecule has 0 aliphatic rings. The van der Waals surface area contributed by atoms with Crippen LogP contribution in [0.4, 0.5) is 0 Å². The highest BCUT2D eigenvalue weighted by atomic mass is 16.4. The lowest BCUT2D eigenvalue weighted by molar-refractivity contribution is -0.138. The molecule has 0 aliphatic carbocycles. The lowest BCUT2D eigenvalue weighted by atomic mass is 9.88. The van der Waals surface area contributed by atoms with Crippen LogP contribution in [0.15, 0.2) is 48.5 Å². The van der Waals surface area contributed by atoms with Crippen molar-refractivity contribution in [2.75, 3.05) is 6.54 Å². The molecule has 0 fully saturated rings. The van der Waals surface area contributed by atoms with Gasteiger partial charge in [-0.25, -0.2) is 0 Å². The fraction of sp³-hybridized carbons (Fsp3) is 0.278. The second kappa shape index (κ2) is 6.55. The van der Waals surface area contributed by atoms with E-state index in [2.05, 4.69) is 13.8 Å². The third-order valence-corrected chi connectivity index (χ3v) is 3.72. The van der Waals surface area contributed by atoms with E-state index in [9.17, 15) is 9.90 Å². The number of benzene rings is 2. The molecule has 2 rings (SSSR count). The molecule has 21 heavy (non-hydrogen) atoms. The van der Waals surface area contributed by atoms with Crippen LogP contribution in [0.25, 0.3) is 11.1 Å². The standard InChI is InChI=1S/C18H21NO2/c1-12(2)15-9-8-14(17(11-19)18(20)21)10-16(15)13-6-4-3-5-7-13/h3-10,12,17H,11,19H2,1-2H3,(H,20,21). The van der Waals surface area contributed by atoms with Crippen molar-refractivity contribution in [3.8, 4) is 11.1 Å². The number of hydrogen-bond acceptors (Lipinski definition) is 2. The average Bonchev–Trinajstić information content (AvgIpc) is 2.48. The molecule has 0 aromatic heterocycles. The summed E-state index contributed by atoms with van der Waals surface area (Å²) in [7, 11) is 0. The Morgan fingerprint density at radius 1 is 1.14 bits per heavy atom. The number of hydrogen-bond donors (Lipinski definition) is 2. The lowest BCUT2D eigenvalue weighted by Gasteiger charge is -2.17. The minimum absolute atomic E-state index is 0.102. The highest BCUT2D eigenvalue weighted by Crippen LogP contribution is 2.32. The molecule has 1 atom stereocenters. The van der Waals surface area contributed by atoms with Gasteiger partial charge in [0, 0.05) is 6.54 Å². The van der Waals surface area contributed by atoms with Crippen molar-refractivity contribution in [3.05, 3.63) is 59.7 Å². The first-order valence-electron chi connectivity index (χ1n) is 7.16. The molecule has 0 spiro atoms. The van der Waals surface area contributed by atoms with E-state index >= 15 is 0 Å². The molecule has 0 heterocycles. The molecular formula is C18H21NO2. The summed E-state index contributed by atoms with van der Waals surface area (Å²) in [6, 6.07) is 15.9. The van der Waals surface area contributed by atoms with Crippen molar-refractivity contribution < 1.29 is 9.90 Å². The molecule has 3 N–H and O–H groups in total. The van der Waals surface area contributed by atoms with Crippen molar-refractivity contribution in [3.63, 3.8) is 0 Å². The molecule has 0 saturated carbocycles. The lowest BCUT2D eigenvalue weighted by Crippen LogP contribution is -2.21. The summed E-state index contributed by atoms with van der Waals surface area (Å²) in [6.07, 6.45) is 0. The van der Waals surface area contributed by atoms with Crippen LogP contribution in [0.3, 0.4) is 0 Å². The second-order valence-electron chi connectivity index (χ2n) is 5.49. The van der Waals surface area contributed by atoms with Crippen LogP contribution in [0.5, 0.6) is 0 Å². The van der Waals surface area contributed by atoms with Crippen molar-refractivity contribution in [1.82, 2.24) is 0 Å². The first-order valence-corrected chi connectivity index (χ1v) is 7.16. The van der Waals surface area contributed by atoms with Crippen LogP contribution in [-0.4, -0.2) is 17.6 Å². The van der Waals surface area contributed by atoms with Crippen LogP contribution in [0, 0.1) is 0 Å². The quantitative estimate of drug-likeness (QED) is 0.881. The summed E-state index contributed by atoms with van der Waals surface area (Å²) in [5, 5.41) is 9.29. The molecule has 0 radical (unpaired) electrons. The van der Waals surface area contributed by atoms with Crippen molar-refractivity contribution in [2.24, 2.45) is 5.73 Å². The molecule has 2 aromatic carbocycles. The summed E-state index contributed by atoms with van der Waals surface area (Å²) >= 11 is 0. The molecule has 0 amide bonds. The van der Waals surface area contributed by atoms with Crippen molar-refractivity contribution in [1.29, 1.82) is 0 Å². The highest BCUT2D eigenvalue weighted by molar-refractivity contribution is 5.78. The predicted octanol–water partition coefficient (Wildman–Crippen LogP) is 3.60. The van der Waals surface area contributed by atoms with E-state index in [0.717, 1.165) is 16.7 Å². The predicted molar refractivity (Wildman–Crippen MR) is 85.4 cm³/mol. The van der Waals surface area contributed by atoms with Crippen LogP contribution in [0.1, 0.15) is 36.8 Å². The zero-order valence-electron chi connectivity index (χ0n) is 12.4. The van der Waals surface area contributed by atoms with Gasteiger partial charge >= 0.3 is 5.97 Å². The first-order chi connectivity index (χ1) is 10.0. The summed E-state index contributed by atoms with van der Waals surface area (Å²) in [6.45, 7) is 4.38. The summed E-state index contributed by atoms with van der Waals surface area (Å²) in [4.78, 5) is 11.3. The molecule has 3 heteroatoms. The SMILES string of the molecule is CC(C)c1ccc(C(CN)C(=O)O)cc1-c1ccccc1. The number of rotatable bonds is 5. The molecule has 3 nitrogen and oxygen atoms in total. The van der Waals surface area contributed by atoms with Gasteiger partial charge < -0.3 is 10.8 Å². The van der Waals surface area contributed by atoms with Gasteiger partial charge in [0.25, 0.3) is 0 Å². The van der Waals surface area contributed by atoms with Gasteiger partial charge in [0.05, 0.1) is 5.92 Å². The maximum absolute atomic E-state index is 11.3. The van der Waals surface area contributed by atoms with Crippen LogP contribution < -0.4 is 5.73 Å². The zero-order chi connectivity index (χ0) is 15.4. The second-order valence-corrected chi connectivity index (χ2v) is 5.49. The average molecular weight is 283 g/mol. The van der Waals surface area contributed by atoms with Gasteiger partial charge in [-0.2, -0.15) is 0 Å². The van der Waals surface area contributed by atoms with Gasteiger partial charge in [0.2, 0.25) is 0 Å². The molecule has 0 saturated heterocycles. The topological polar surface area (TPSA) is 63.3 Å². The van der Waals surface area contributed by atoms with E-state index in [-0.39, 0.29) is 6.54 Å². The fourth-order valence-corrected chi connectivity index (χ4v) is 2.54. The minimum atomic E-state index is -0.881. The Labute approximate surface area is 125 Å². The third-order valence-electron chi connectivity index (χ3n) is 3.72. The smallest absolute Gasteiger partial charge is 0.312 e. The van der Waals surface area contributed by atoms with Crippen LogP contribution in [-0.2, 0) is 4.79 Å². The molecule has 2 aromatic rings. The van der Waals surface area contributed by atoms with Crippen LogP contribution >= 0.6 is 0 Å². The molecule has 0 aliphatic heterocycles. The Hall–Kier alpha value is -2.13. The van der Waals surface area contributed by atoms with E-state index in [1.807, 2.05) is 48.5 Å². The Morgan fingerprint density at radius 3 is 2.33 bits per heavy atom. The van der Waals surface area contributed by atoms with Gasteiger partial charge in [-0.15, -0.1) is 0 Å². The Kier molecular flexibility index (Phi) is 4.76. The van der Waals surface area contributed by atoms with Gasteiger partial charge in [-0.3, -0.25) is 4.79 Å². The van der Waals surface area contributed by atoms with Gasteiger partial charge in [0.15, 0.2) is 0 Å².